The Morgan fingerprint density at radius 1 is 1.12 bits per heavy atom. The van der Waals surface area contributed by atoms with Gasteiger partial charge in [-0.2, -0.15) is 0 Å². The van der Waals surface area contributed by atoms with Crippen molar-refractivity contribution in [3.05, 3.63) is 5.89 Å². The van der Waals surface area contributed by atoms with Crippen molar-refractivity contribution in [2.75, 3.05) is 25.5 Å². The molecule has 2 atom stereocenters. The molecule has 6 heteroatoms. The van der Waals surface area contributed by atoms with Crippen LogP contribution >= 0.6 is 0 Å². The minimum Gasteiger partial charge on any atom is -0.407 e. The molecule has 4 fully saturated rings. The van der Waals surface area contributed by atoms with Gasteiger partial charge < -0.3 is 19.8 Å². The van der Waals surface area contributed by atoms with Crippen LogP contribution in [0.1, 0.15) is 58.3 Å². The second-order valence-corrected chi connectivity index (χ2v) is 9.12. The molecule has 1 aromatic rings. The average Bonchev–Trinajstić information content (AvgIpc) is 2.88. The Morgan fingerprint density at radius 2 is 1.88 bits per heavy atom. The van der Waals surface area contributed by atoms with Crippen molar-refractivity contribution in [2.24, 2.45) is 16.7 Å². The van der Waals surface area contributed by atoms with Crippen LogP contribution in [0.2, 0.25) is 0 Å². The summed E-state index contributed by atoms with van der Waals surface area (Å²) in [6, 6.07) is 0.480. The largest absolute Gasteiger partial charge is 0.407 e. The van der Waals surface area contributed by atoms with Crippen LogP contribution in [0.3, 0.4) is 0 Å². The first-order chi connectivity index (χ1) is 11.4. The standard InChI is InChI=1S/C18H30N4O2/c1-16-6-13-7-17(2,10-16)12-18(8-13,11-16)23-5-4-20-15-22-21-14(24-15)9-19-3/h13,19H,4-12H2,1-3H3,(H,20,22). The first-order valence-corrected chi connectivity index (χ1v) is 9.27. The number of hydrogen-bond donors (Lipinski definition) is 2. The number of aromatic nitrogens is 2. The van der Waals surface area contributed by atoms with E-state index < -0.39 is 0 Å². The van der Waals surface area contributed by atoms with E-state index in [1.807, 2.05) is 7.05 Å². The summed E-state index contributed by atoms with van der Waals surface area (Å²) in [6.07, 6.45) is 7.92. The lowest BCUT2D eigenvalue weighted by Crippen LogP contribution is -2.59. The van der Waals surface area contributed by atoms with Gasteiger partial charge >= 0.3 is 6.01 Å². The second-order valence-electron chi connectivity index (χ2n) is 9.12. The van der Waals surface area contributed by atoms with Crippen LogP contribution in [-0.2, 0) is 11.3 Å². The molecule has 0 radical (unpaired) electrons. The number of nitrogens with one attached hydrogen (secondary N) is 2. The first kappa shape index (κ1) is 16.3. The molecule has 24 heavy (non-hydrogen) atoms. The zero-order valence-electron chi connectivity index (χ0n) is 15.2. The second kappa shape index (κ2) is 5.70. The van der Waals surface area contributed by atoms with E-state index in [4.69, 9.17) is 9.15 Å². The van der Waals surface area contributed by atoms with E-state index in [-0.39, 0.29) is 5.60 Å². The summed E-state index contributed by atoms with van der Waals surface area (Å²) in [6.45, 7) is 6.96. The smallest absolute Gasteiger partial charge is 0.315 e. The predicted octanol–water partition coefficient (Wildman–Crippen LogP) is 2.97. The SMILES string of the molecule is CNCc1nnc(NCCOC23CC4CC(C)(CC(C)(C4)C2)C3)o1. The third-order valence-electron chi connectivity index (χ3n) is 6.16. The minimum absolute atomic E-state index is 0.108. The maximum absolute atomic E-state index is 6.48. The van der Waals surface area contributed by atoms with Crippen molar-refractivity contribution in [2.45, 2.75) is 64.5 Å². The van der Waals surface area contributed by atoms with Gasteiger partial charge in [-0.25, -0.2) is 0 Å². The molecule has 4 aliphatic carbocycles. The molecular weight excluding hydrogens is 304 g/mol. The number of nitrogens with zero attached hydrogens (tertiary/aromatic N) is 2. The quantitative estimate of drug-likeness (QED) is 0.747. The van der Waals surface area contributed by atoms with Gasteiger partial charge in [0.05, 0.1) is 18.8 Å². The molecule has 0 aromatic carbocycles. The Balaban J connectivity index is 1.31. The zero-order valence-corrected chi connectivity index (χ0v) is 15.2. The van der Waals surface area contributed by atoms with Crippen molar-refractivity contribution in [3.63, 3.8) is 0 Å². The lowest BCUT2D eigenvalue weighted by atomic mass is 9.43. The first-order valence-electron chi connectivity index (χ1n) is 9.27. The molecule has 0 amide bonds. The van der Waals surface area contributed by atoms with E-state index >= 15 is 0 Å². The van der Waals surface area contributed by atoms with Crippen molar-refractivity contribution in [1.29, 1.82) is 0 Å². The maximum atomic E-state index is 6.48. The normalized spacial score (nSPS) is 40.2. The topological polar surface area (TPSA) is 72.2 Å². The van der Waals surface area contributed by atoms with Crippen molar-refractivity contribution < 1.29 is 9.15 Å². The van der Waals surface area contributed by atoms with Gasteiger partial charge in [0, 0.05) is 6.54 Å². The highest BCUT2D eigenvalue weighted by Crippen LogP contribution is 2.67. The molecule has 2 N–H and O–H groups in total. The third-order valence-corrected chi connectivity index (χ3v) is 6.16. The van der Waals surface area contributed by atoms with E-state index in [1.165, 1.54) is 38.5 Å². The van der Waals surface area contributed by atoms with Crippen LogP contribution in [0.4, 0.5) is 6.01 Å². The fourth-order valence-electron chi connectivity index (χ4n) is 6.48. The molecule has 6 nitrogen and oxygen atoms in total. The highest BCUT2D eigenvalue weighted by atomic mass is 16.5. The molecule has 2 unspecified atom stereocenters. The number of ether oxygens (including phenoxy) is 1. The summed E-state index contributed by atoms with van der Waals surface area (Å²) in [4.78, 5) is 0. The summed E-state index contributed by atoms with van der Waals surface area (Å²) in [5.74, 6) is 1.46. The molecule has 1 heterocycles. The average molecular weight is 334 g/mol. The van der Waals surface area contributed by atoms with Gasteiger partial charge in [-0.05, 0) is 62.3 Å². The van der Waals surface area contributed by atoms with Crippen molar-refractivity contribution in [3.8, 4) is 0 Å². The molecule has 0 saturated heterocycles. The minimum atomic E-state index is 0.108. The lowest BCUT2D eigenvalue weighted by Gasteiger charge is -2.65. The van der Waals surface area contributed by atoms with Gasteiger partial charge in [-0.3, -0.25) is 0 Å². The van der Waals surface area contributed by atoms with E-state index in [1.54, 1.807) is 0 Å². The summed E-state index contributed by atoms with van der Waals surface area (Å²) < 4.78 is 12.0. The number of hydrogen-bond acceptors (Lipinski definition) is 6. The van der Waals surface area contributed by atoms with Crippen LogP contribution < -0.4 is 10.6 Å². The fraction of sp³-hybridized carbons (Fsp3) is 0.889. The third kappa shape index (κ3) is 3.06. The van der Waals surface area contributed by atoms with Crippen LogP contribution in [0, 0.1) is 16.7 Å². The van der Waals surface area contributed by atoms with Crippen LogP contribution in [0.5, 0.6) is 0 Å². The summed E-state index contributed by atoms with van der Waals surface area (Å²) in [7, 11) is 1.86. The van der Waals surface area contributed by atoms with E-state index in [0.717, 1.165) is 5.92 Å². The molecule has 0 aliphatic heterocycles. The lowest BCUT2D eigenvalue weighted by molar-refractivity contribution is -0.212. The Bertz CT molecular complexity index is 584. The van der Waals surface area contributed by atoms with Crippen LogP contribution in [-0.4, -0.2) is 36.0 Å². The fourth-order valence-corrected chi connectivity index (χ4v) is 6.48. The Kier molecular flexibility index (Phi) is 3.88. The highest BCUT2D eigenvalue weighted by molar-refractivity contribution is 5.16. The van der Waals surface area contributed by atoms with Gasteiger partial charge in [-0.15, -0.1) is 5.10 Å². The summed E-state index contributed by atoms with van der Waals surface area (Å²) >= 11 is 0. The molecule has 134 valence electrons. The molecule has 0 spiro atoms. The zero-order chi connectivity index (χ0) is 16.8. The Labute approximate surface area is 144 Å². The molecule has 4 aliphatic rings. The Morgan fingerprint density at radius 3 is 2.54 bits per heavy atom. The highest BCUT2D eigenvalue weighted by Gasteiger charge is 2.60. The molecule has 1 aromatic heterocycles. The maximum Gasteiger partial charge on any atom is 0.315 e. The monoisotopic (exact) mass is 334 g/mol. The van der Waals surface area contributed by atoms with Gasteiger partial charge in [0.25, 0.3) is 0 Å². The van der Waals surface area contributed by atoms with Gasteiger partial charge in [0.2, 0.25) is 5.89 Å². The van der Waals surface area contributed by atoms with Gasteiger partial charge in [-0.1, -0.05) is 18.9 Å². The number of rotatable bonds is 7. The van der Waals surface area contributed by atoms with Crippen LogP contribution in [0.25, 0.3) is 0 Å². The molecular formula is C18H30N4O2. The van der Waals surface area contributed by atoms with Crippen molar-refractivity contribution in [1.82, 2.24) is 15.5 Å². The predicted molar refractivity (Wildman–Crippen MR) is 91.6 cm³/mol. The van der Waals surface area contributed by atoms with E-state index in [2.05, 4.69) is 34.7 Å². The summed E-state index contributed by atoms with van der Waals surface area (Å²) in [5.41, 5.74) is 1.10. The summed E-state index contributed by atoms with van der Waals surface area (Å²) in [5, 5.41) is 14.2. The van der Waals surface area contributed by atoms with Crippen molar-refractivity contribution >= 4 is 6.01 Å². The van der Waals surface area contributed by atoms with Gasteiger partial charge in [0.15, 0.2) is 0 Å². The van der Waals surface area contributed by atoms with E-state index in [9.17, 15) is 0 Å². The van der Waals surface area contributed by atoms with Gasteiger partial charge in [0.1, 0.15) is 0 Å². The molecule has 4 bridgehead atoms. The van der Waals surface area contributed by atoms with Crippen LogP contribution in [0.15, 0.2) is 4.42 Å². The molecule has 4 saturated carbocycles. The Hall–Kier alpha value is -1.14. The number of anilines is 1. The molecule has 5 rings (SSSR count). The van der Waals surface area contributed by atoms with E-state index in [0.29, 0.717) is 42.4 Å².